The molecule has 0 saturated carbocycles. The Morgan fingerprint density at radius 1 is 1.33 bits per heavy atom. The van der Waals surface area contributed by atoms with E-state index in [-0.39, 0.29) is 11.1 Å². The van der Waals surface area contributed by atoms with Crippen molar-refractivity contribution in [2.45, 2.75) is 6.92 Å². The largest absolute Gasteiger partial charge is 0.293 e. The molecule has 6 heteroatoms. The van der Waals surface area contributed by atoms with E-state index in [4.69, 9.17) is 23.2 Å². The van der Waals surface area contributed by atoms with Crippen LogP contribution in [0.25, 0.3) is 6.08 Å². The first-order valence-corrected chi connectivity index (χ1v) is 6.80. The van der Waals surface area contributed by atoms with E-state index in [1.54, 1.807) is 31.2 Å². The fourth-order valence-electron chi connectivity index (χ4n) is 1.53. The molecule has 1 saturated heterocycles. The summed E-state index contributed by atoms with van der Waals surface area (Å²) in [6, 6.07) is 4.99. The molecular weight excluding hydrogens is 293 g/mol. The zero-order valence-corrected chi connectivity index (χ0v) is 11.8. The molecule has 1 aliphatic rings. The Kier molecular flexibility index (Phi) is 4.00. The van der Waals surface area contributed by atoms with E-state index in [0.29, 0.717) is 27.1 Å². The van der Waals surface area contributed by atoms with Crippen molar-refractivity contribution in [2.24, 2.45) is 0 Å². The molecule has 1 fully saturated rings. The van der Waals surface area contributed by atoms with Crippen LogP contribution in [-0.2, 0) is 4.79 Å². The van der Waals surface area contributed by atoms with Gasteiger partial charge in [0.25, 0.3) is 11.1 Å². The summed E-state index contributed by atoms with van der Waals surface area (Å²) >= 11 is 12.7. The SMILES string of the molecule is CCN1C(=O)SC(=Cc2ccc(Cl)cc2Cl)C1=O. The molecule has 0 radical (unpaired) electrons. The topological polar surface area (TPSA) is 37.4 Å². The Morgan fingerprint density at radius 3 is 2.61 bits per heavy atom. The highest BCUT2D eigenvalue weighted by molar-refractivity contribution is 8.18. The van der Waals surface area contributed by atoms with Crippen LogP contribution >= 0.6 is 35.0 Å². The monoisotopic (exact) mass is 301 g/mol. The molecule has 1 aromatic carbocycles. The van der Waals surface area contributed by atoms with Crippen molar-refractivity contribution in [1.82, 2.24) is 4.90 Å². The lowest BCUT2D eigenvalue weighted by Crippen LogP contribution is -2.27. The first-order chi connectivity index (χ1) is 8.52. The molecule has 2 amide bonds. The molecule has 1 aromatic rings. The quantitative estimate of drug-likeness (QED) is 0.773. The summed E-state index contributed by atoms with van der Waals surface area (Å²) in [5.41, 5.74) is 0.669. The molecule has 3 nitrogen and oxygen atoms in total. The minimum absolute atomic E-state index is 0.251. The number of benzene rings is 1. The first kappa shape index (κ1) is 13.5. The smallest absolute Gasteiger partial charge is 0.269 e. The minimum Gasteiger partial charge on any atom is -0.269 e. The Hall–Kier alpha value is -0.970. The third-order valence-corrected chi connectivity index (χ3v) is 3.91. The van der Waals surface area contributed by atoms with Crippen molar-refractivity contribution < 1.29 is 9.59 Å². The van der Waals surface area contributed by atoms with Crippen LogP contribution in [0.2, 0.25) is 10.0 Å². The highest BCUT2D eigenvalue weighted by Gasteiger charge is 2.33. The molecule has 1 heterocycles. The van der Waals surface area contributed by atoms with Crippen LogP contribution < -0.4 is 0 Å². The van der Waals surface area contributed by atoms with Crippen molar-refractivity contribution in [3.63, 3.8) is 0 Å². The standard InChI is InChI=1S/C12H9Cl2NO2S/c1-2-15-11(16)10(18-12(15)17)5-7-3-4-8(13)6-9(7)14/h3-6H,2H2,1H3. The lowest BCUT2D eigenvalue weighted by molar-refractivity contribution is -0.122. The number of amides is 2. The van der Waals surface area contributed by atoms with Crippen LogP contribution in [0.4, 0.5) is 4.79 Å². The number of hydrogen-bond donors (Lipinski definition) is 0. The van der Waals surface area contributed by atoms with Crippen LogP contribution in [0.1, 0.15) is 12.5 Å². The first-order valence-electron chi connectivity index (χ1n) is 5.23. The van der Waals surface area contributed by atoms with E-state index < -0.39 is 0 Å². The molecule has 1 aliphatic heterocycles. The van der Waals surface area contributed by atoms with Crippen molar-refractivity contribution >= 4 is 52.2 Å². The van der Waals surface area contributed by atoms with Crippen molar-refractivity contribution in [2.75, 3.05) is 6.54 Å². The molecule has 0 aromatic heterocycles. The number of carbonyl (C=O) groups excluding carboxylic acids is 2. The van der Waals surface area contributed by atoms with Gasteiger partial charge in [-0.1, -0.05) is 29.3 Å². The molecule has 94 valence electrons. The molecular formula is C12H9Cl2NO2S. The van der Waals surface area contributed by atoms with Gasteiger partial charge in [0.05, 0.1) is 4.91 Å². The van der Waals surface area contributed by atoms with Gasteiger partial charge in [-0.2, -0.15) is 0 Å². The molecule has 2 rings (SSSR count). The van der Waals surface area contributed by atoms with Crippen LogP contribution in [0.15, 0.2) is 23.1 Å². The molecule has 0 unspecified atom stereocenters. The zero-order chi connectivity index (χ0) is 13.3. The van der Waals surface area contributed by atoms with Gasteiger partial charge in [-0.25, -0.2) is 0 Å². The number of imide groups is 1. The summed E-state index contributed by atoms with van der Waals surface area (Å²) in [5, 5.41) is 0.725. The van der Waals surface area contributed by atoms with E-state index >= 15 is 0 Å². The Labute approximate surface area is 119 Å². The van der Waals surface area contributed by atoms with Gasteiger partial charge in [-0.05, 0) is 42.5 Å². The predicted molar refractivity (Wildman–Crippen MR) is 74.8 cm³/mol. The van der Waals surface area contributed by atoms with Gasteiger partial charge in [0.15, 0.2) is 0 Å². The van der Waals surface area contributed by atoms with Crippen LogP contribution in [0.5, 0.6) is 0 Å². The molecule has 18 heavy (non-hydrogen) atoms. The number of carbonyl (C=O) groups is 2. The van der Waals surface area contributed by atoms with Gasteiger partial charge in [-0.15, -0.1) is 0 Å². The van der Waals surface area contributed by atoms with Crippen molar-refractivity contribution in [3.8, 4) is 0 Å². The van der Waals surface area contributed by atoms with E-state index in [1.165, 1.54) is 4.90 Å². The number of halogens is 2. The molecule has 0 atom stereocenters. The zero-order valence-electron chi connectivity index (χ0n) is 9.44. The lowest BCUT2D eigenvalue weighted by atomic mass is 10.2. The maximum absolute atomic E-state index is 11.9. The summed E-state index contributed by atoms with van der Waals surface area (Å²) in [4.78, 5) is 25.0. The van der Waals surface area contributed by atoms with Gasteiger partial charge in [0, 0.05) is 16.6 Å². The number of rotatable bonds is 2. The fourth-order valence-corrected chi connectivity index (χ4v) is 2.89. The van der Waals surface area contributed by atoms with E-state index in [2.05, 4.69) is 0 Å². The van der Waals surface area contributed by atoms with Crippen LogP contribution in [-0.4, -0.2) is 22.6 Å². The number of hydrogen-bond acceptors (Lipinski definition) is 3. The summed E-state index contributed by atoms with van der Waals surface area (Å²) in [5.74, 6) is -0.279. The maximum atomic E-state index is 11.9. The lowest BCUT2D eigenvalue weighted by Gasteiger charge is -2.07. The van der Waals surface area contributed by atoms with Crippen molar-refractivity contribution in [3.05, 3.63) is 38.7 Å². The second-order valence-electron chi connectivity index (χ2n) is 3.59. The Bertz CT molecular complexity index is 557. The fraction of sp³-hybridized carbons (Fsp3) is 0.167. The van der Waals surface area contributed by atoms with Gasteiger partial charge < -0.3 is 0 Å². The number of nitrogens with zero attached hydrogens (tertiary/aromatic N) is 1. The van der Waals surface area contributed by atoms with Crippen LogP contribution in [0, 0.1) is 0 Å². The molecule has 0 aliphatic carbocycles. The van der Waals surface area contributed by atoms with E-state index in [0.717, 1.165) is 11.8 Å². The average molecular weight is 302 g/mol. The second kappa shape index (κ2) is 5.34. The molecule has 0 spiro atoms. The Balaban J connectivity index is 2.35. The average Bonchev–Trinajstić information content (AvgIpc) is 2.58. The third kappa shape index (κ3) is 2.55. The summed E-state index contributed by atoms with van der Waals surface area (Å²) in [6.07, 6.45) is 1.61. The van der Waals surface area contributed by atoms with Crippen LogP contribution in [0.3, 0.4) is 0 Å². The van der Waals surface area contributed by atoms with E-state index in [1.807, 2.05) is 0 Å². The maximum Gasteiger partial charge on any atom is 0.293 e. The predicted octanol–water partition coefficient (Wildman–Crippen LogP) is 4.05. The summed E-state index contributed by atoms with van der Waals surface area (Å²) < 4.78 is 0. The van der Waals surface area contributed by atoms with Gasteiger partial charge in [-0.3, -0.25) is 14.5 Å². The highest BCUT2D eigenvalue weighted by Crippen LogP contribution is 2.33. The summed E-state index contributed by atoms with van der Waals surface area (Å²) in [7, 11) is 0. The van der Waals surface area contributed by atoms with Crippen molar-refractivity contribution in [1.29, 1.82) is 0 Å². The van der Waals surface area contributed by atoms with E-state index in [9.17, 15) is 9.59 Å². The van der Waals surface area contributed by atoms with Gasteiger partial charge >= 0.3 is 0 Å². The normalized spacial score (nSPS) is 17.9. The third-order valence-electron chi connectivity index (χ3n) is 2.44. The van der Waals surface area contributed by atoms with Gasteiger partial charge in [0.2, 0.25) is 0 Å². The highest BCUT2D eigenvalue weighted by atomic mass is 35.5. The van der Waals surface area contributed by atoms with Gasteiger partial charge in [0.1, 0.15) is 0 Å². The minimum atomic E-state index is -0.279. The molecule has 0 bridgehead atoms. The number of likely N-dealkylation sites (N-methyl/N-ethyl adjacent to an activating group) is 1. The Morgan fingerprint density at radius 2 is 2.06 bits per heavy atom. The summed E-state index contributed by atoms with van der Waals surface area (Å²) in [6.45, 7) is 2.13. The number of thioether (sulfide) groups is 1. The second-order valence-corrected chi connectivity index (χ2v) is 5.43. The molecule has 0 N–H and O–H groups in total.